The number of rotatable bonds is 3. The number of aromatic hydroxyl groups is 3. The molecule has 3 N–H and O–H groups in total. The molecular formula is C11H9ClN4O3. The van der Waals surface area contributed by atoms with Gasteiger partial charge < -0.3 is 15.3 Å². The van der Waals surface area contributed by atoms with Gasteiger partial charge in [-0.3, -0.25) is 0 Å². The van der Waals surface area contributed by atoms with Gasteiger partial charge in [0.25, 0.3) is 0 Å². The predicted molar refractivity (Wildman–Crippen MR) is 66.7 cm³/mol. The van der Waals surface area contributed by atoms with Crippen molar-refractivity contribution in [3.63, 3.8) is 0 Å². The second-order valence-electron chi connectivity index (χ2n) is 3.58. The molecule has 98 valence electrons. The number of nitrogens with zero attached hydrogens (tertiary/aromatic N) is 4. The van der Waals surface area contributed by atoms with Gasteiger partial charge in [0.1, 0.15) is 5.75 Å². The molecule has 0 fully saturated rings. The van der Waals surface area contributed by atoms with Gasteiger partial charge in [-0.05, 0) is 18.2 Å². The normalized spacial score (nSPS) is 11.0. The van der Waals surface area contributed by atoms with Crippen molar-refractivity contribution in [2.24, 2.45) is 10.2 Å². The highest BCUT2D eigenvalue weighted by Crippen LogP contribution is 2.32. The van der Waals surface area contributed by atoms with Crippen LogP contribution < -0.4 is 0 Å². The molecule has 0 aliphatic rings. The number of phenols is 3. The molecule has 0 unspecified atom stereocenters. The summed E-state index contributed by atoms with van der Waals surface area (Å²) >= 11 is 5.56. The van der Waals surface area contributed by atoms with E-state index in [2.05, 4.69) is 20.4 Å². The third-order valence-corrected chi connectivity index (χ3v) is 2.41. The van der Waals surface area contributed by atoms with Crippen LogP contribution in [0.3, 0.4) is 0 Å². The van der Waals surface area contributed by atoms with Crippen molar-refractivity contribution in [2.75, 3.05) is 0 Å². The maximum absolute atomic E-state index is 9.53. The minimum absolute atomic E-state index is 0.0178. The standard InChI is InChI=1S/C11H9ClN4O3/c12-10-1-2-11(16-14-10)15-13-5-6-3-8(18)9(19)4-7(6)17/h1-4,17-19H,5H2. The van der Waals surface area contributed by atoms with Crippen LogP contribution in [0.25, 0.3) is 0 Å². The van der Waals surface area contributed by atoms with Crippen LogP contribution in [0.1, 0.15) is 5.56 Å². The van der Waals surface area contributed by atoms with Gasteiger partial charge in [-0.2, -0.15) is 5.11 Å². The lowest BCUT2D eigenvalue weighted by atomic mass is 10.2. The van der Waals surface area contributed by atoms with Crippen LogP contribution in [0.15, 0.2) is 34.5 Å². The largest absolute Gasteiger partial charge is 0.507 e. The van der Waals surface area contributed by atoms with Crippen molar-refractivity contribution >= 4 is 17.4 Å². The van der Waals surface area contributed by atoms with Crippen molar-refractivity contribution in [1.29, 1.82) is 0 Å². The Balaban J connectivity index is 2.10. The van der Waals surface area contributed by atoms with Gasteiger partial charge in [-0.25, -0.2) is 0 Å². The van der Waals surface area contributed by atoms with Crippen molar-refractivity contribution in [3.05, 3.63) is 35.0 Å². The Morgan fingerprint density at radius 2 is 1.74 bits per heavy atom. The van der Waals surface area contributed by atoms with Gasteiger partial charge >= 0.3 is 0 Å². The Bertz CT molecular complexity index is 616. The summed E-state index contributed by atoms with van der Waals surface area (Å²) in [6.07, 6.45) is 0. The number of phenolic OH excluding ortho intramolecular Hbond substituents is 3. The first-order valence-electron chi connectivity index (χ1n) is 5.17. The molecule has 0 bridgehead atoms. The van der Waals surface area contributed by atoms with Crippen LogP contribution in [0, 0.1) is 0 Å². The van der Waals surface area contributed by atoms with E-state index in [0.717, 1.165) is 6.07 Å². The molecule has 0 aliphatic heterocycles. The molecule has 8 heteroatoms. The lowest BCUT2D eigenvalue weighted by Crippen LogP contribution is -1.84. The van der Waals surface area contributed by atoms with Crippen molar-refractivity contribution in [1.82, 2.24) is 10.2 Å². The molecule has 2 rings (SSSR count). The highest BCUT2D eigenvalue weighted by Gasteiger charge is 2.07. The van der Waals surface area contributed by atoms with Crippen molar-refractivity contribution in [3.8, 4) is 17.2 Å². The molecular weight excluding hydrogens is 272 g/mol. The fourth-order valence-electron chi connectivity index (χ4n) is 1.28. The van der Waals surface area contributed by atoms with E-state index in [4.69, 9.17) is 16.7 Å². The average Bonchev–Trinajstić information content (AvgIpc) is 2.38. The van der Waals surface area contributed by atoms with Gasteiger partial charge in [-0.15, -0.1) is 15.3 Å². The summed E-state index contributed by atoms with van der Waals surface area (Å²) in [5.41, 5.74) is 0.320. The highest BCUT2D eigenvalue weighted by atomic mass is 35.5. The van der Waals surface area contributed by atoms with Gasteiger partial charge in [0.2, 0.25) is 0 Å². The van der Waals surface area contributed by atoms with Crippen LogP contribution >= 0.6 is 11.6 Å². The van der Waals surface area contributed by atoms with Crippen molar-refractivity contribution < 1.29 is 15.3 Å². The summed E-state index contributed by atoms with van der Waals surface area (Å²) in [5.74, 6) is -0.653. The number of benzene rings is 1. The zero-order chi connectivity index (χ0) is 13.8. The summed E-state index contributed by atoms with van der Waals surface area (Å²) in [7, 11) is 0. The quantitative estimate of drug-likeness (QED) is 0.454. The van der Waals surface area contributed by atoms with Gasteiger partial charge in [0.15, 0.2) is 22.5 Å². The Hall–Kier alpha value is -2.41. The Morgan fingerprint density at radius 1 is 1.00 bits per heavy atom. The molecule has 0 aliphatic carbocycles. The summed E-state index contributed by atoms with van der Waals surface area (Å²) < 4.78 is 0. The maximum Gasteiger partial charge on any atom is 0.196 e. The third kappa shape index (κ3) is 3.29. The smallest absolute Gasteiger partial charge is 0.196 e. The second kappa shape index (κ2) is 5.49. The van der Waals surface area contributed by atoms with Gasteiger partial charge in [-0.1, -0.05) is 11.6 Å². The number of aromatic nitrogens is 2. The lowest BCUT2D eigenvalue weighted by Gasteiger charge is -2.03. The van der Waals surface area contributed by atoms with E-state index in [-0.39, 0.29) is 29.0 Å². The molecule has 0 saturated carbocycles. The number of halogens is 1. The zero-order valence-electron chi connectivity index (χ0n) is 9.52. The second-order valence-corrected chi connectivity index (χ2v) is 3.97. The average molecular weight is 281 g/mol. The summed E-state index contributed by atoms with van der Waals surface area (Å²) in [6.45, 7) is 0.0178. The maximum atomic E-state index is 9.53. The monoisotopic (exact) mass is 280 g/mol. The number of hydrogen-bond donors (Lipinski definition) is 3. The molecule has 7 nitrogen and oxygen atoms in total. The molecule has 1 aromatic heterocycles. The van der Waals surface area contributed by atoms with Crippen molar-refractivity contribution in [2.45, 2.75) is 6.54 Å². The Labute approximate surface area is 112 Å². The molecule has 0 amide bonds. The fraction of sp³-hybridized carbons (Fsp3) is 0.0909. The molecule has 19 heavy (non-hydrogen) atoms. The zero-order valence-corrected chi connectivity index (χ0v) is 10.3. The van der Waals surface area contributed by atoms with Crippen LogP contribution in [-0.2, 0) is 6.54 Å². The molecule has 1 aromatic carbocycles. The Morgan fingerprint density at radius 3 is 2.42 bits per heavy atom. The minimum Gasteiger partial charge on any atom is -0.507 e. The molecule has 0 atom stereocenters. The van der Waals surface area contributed by atoms with Gasteiger partial charge in [0, 0.05) is 11.6 Å². The first-order chi connectivity index (χ1) is 9.06. The summed E-state index contributed by atoms with van der Waals surface area (Å²) in [5, 5.41) is 43.1. The summed E-state index contributed by atoms with van der Waals surface area (Å²) in [4.78, 5) is 0. The van der Waals surface area contributed by atoms with E-state index in [0.29, 0.717) is 5.56 Å². The van der Waals surface area contributed by atoms with Crippen LogP contribution in [0.4, 0.5) is 5.82 Å². The van der Waals surface area contributed by atoms with E-state index in [1.807, 2.05) is 0 Å². The van der Waals surface area contributed by atoms with Crippen LogP contribution in [0.2, 0.25) is 5.15 Å². The SMILES string of the molecule is Oc1cc(O)c(CN=Nc2ccc(Cl)nn2)cc1O. The number of azo groups is 1. The Kier molecular flexibility index (Phi) is 3.76. The fourth-order valence-corrected chi connectivity index (χ4v) is 1.38. The predicted octanol–water partition coefficient (Wildman–Crippen LogP) is 2.53. The highest BCUT2D eigenvalue weighted by molar-refractivity contribution is 6.29. The lowest BCUT2D eigenvalue weighted by molar-refractivity contribution is 0.394. The summed E-state index contributed by atoms with van der Waals surface area (Å²) in [6, 6.07) is 5.29. The van der Waals surface area contributed by atoms with E-state index >= 15 is 0 Å². The molecule has 2 aromatic rings. The van der Waals surface area contributed by atoms with Gasteiger partial charge in [0.05, 0.1) is 6.54 Å². The molecule has 0 radical (unpaired) electrons. The van der Waals surface area contributed by atoms with E-state index in [1.54, 1.807) is 0 Å². The van der Waals surface area contributed by atoms with E-state index in [1.165, 1.54) is 18.2 Å². The molecule has 0 saturated heterocycles. The minimum atomic E-state index is -0.401. The third-order valence-electron chi connectivity index (χ3n) is 2.21. The van der Waals surface area contributed by atoms with E-state index < -0.39 is 5.75 Å². The van der Waals surface area contributed by atoms with Crippen LogP contribution in [0.5, 0.6) is 17.2 Å². The molecule has 1 heterocycles. The first-order valence-corrected chi connectivity index (χ1v) is 5.54. The molecule has 0 spiro atoms. The first kappa shape index (κ1) is 13.0. The van der Waals surface area contributed by atoms with Crippen LogP contribution in [-0.4, -0.2) is 25.5 Å². The van der Waals surface area contributed by atoms with E-state index in [9.17, 15) is 10.2 Å². The number of hydrogen-bond acceptors (Lipinski definition) is 7. The topological polar surface area (TPSA) is 111 Å².